The number of para-hydroxylation sites is 1. The minimum absolute atomic E-state index is 0.131. The summed E-state index contributed by atoms with van der Waals surface area (Å²) in [6.07, 6.45) is 5.03. The van der Waals surface area contributed by atoms with Crippen molar-refractivity contribution >= 4 is 38.6 Å². The lowest BCUT2D eigenvalue weighted by molar-refractivity contribution is 0.550. The van der Waals surface area contributed by atoms with Crippen molar-refractivity contribution in [3.63, 3.8) is 0 Å². The SMILES string of the molecule is c1ccc(-c2ccccc2-c2ccccc2-c2ccccc2N(c2ccc(-c3ccc4c(c3)C3(CCCC3)c3ccccc3-4)cc2)c2ccc(-c3cccc4c3ccc3ccccc34)cc2)cc1. The smallest absolute Gasteiger partial charge is 0.0540 e. The Labute approximate surface area is 399 Å². The van der Waals surface area contributed by atoms with Crippen LogP contribution < -0.4 is 4.90 Å². The van der Waals surface area contributed by atoms with Crippen molar-refractivity contribution in [2.24, 2.45) is 0 Å². The molecule has 0 atom stereocenters. The van der Waals surface area contributed by atoms with Gasteiger partial charge in [0.1, 0.15) is 0 Å². The summed E-state index contributed by atoms with van der Waals surface area (Å²) in [5.41, 5.74) is 21.5. The molecule has 1 saturated carbocycles. The van der Waals surface area contributed by atoms with Crippen molar-refractivity contribution in [2.45, 2.75) is 31.1 Å². The molecule has 1 fully saturated rings. The molecular weight excluding hydrogens is 819 g/mol. The Morgan fingerprint density at radius 1 is 0.279 bits per heavy atom. The van der Waals surface area contributed by atoms with Crippen LogP contribution in [-0.2, 0) is 5.41 Å². The lowest BCUT2D eigenvalue weighted by Crippen LogP contribution is -2.20. The Bertz CT molecular complexity index is 3670. The van der Waals surface area contributed by atoms with Crippen LogP contribution in [0.25, 0.3) is 88.3 Å². The van der Waals surface area contributed by atoms with Gasteiger partial charge in [0.25, 0.3) is 0 Å². The molecule has 322 valence electrons. The van der Waals surface area contributed by atoms with Gasteiger partial charge in [-0.3, -0.25) is 0 Å². The zero-order valence-electron chi connectivity index (χ0n) is 37.9. The maximum absolute atomic E-state index is 2.52. The lowest BCUT2D eigenvalue weighted by Gasteiger charge is -2.29. The van der Waals surface area contributed by atoms with Gasteiger partial charge in [0.05, 0.1) is 5.69 Å². The first-order valence-corrected chi connectivity index (χ1v) is 24.2. The molecule has 0 N–H and O–H groups in total. The molecule has 0 aliphatic heterocycles. The molecule has 1 heteroatoms. The van der Waals surface area contributed by atoms with Gasteiger partial charge in [-0.05, 0) is 143 Å². The van der Waals surface area contributed by atoms with Crippen LogP contribution >= 0.6 is 0 Å². The van der Waals surface area contributed by atoms with E-state index in [0.29, 0.717) is 0 Å². The highest BCUT2D eigenvalue weighted by Crippen LogP contribution is 2.57. The average Bonchev–Trinajstić information content (AvgIpc) is 4.02. The zero-order valence-corrected chi connectivity index (χ0v) is 37.9. The zero-order chi connectivity index (χ0) is 45.0. The van der Waals surface area contributed by atoms with E-state index in [-0.39, 0.29) is 5.41 Å². The Kier molecular flexibility index (Phi) is 9.75. The Morgan fingerprint density at radius 2 is 0.794 bits per heavy atom. The van der Waals surface area contributed by atoms with Crippen molar-refractivity contribution in [1.82, 2.24) is 0 Å². The second-order valence-corrected chi connectivity index (χ2v) is 18.7. The third-order valence-electron chi connectivity index (χ3n) is 15.1. The molecule has 0 amide bonds. The van der Waals surface area contributed by atoms with Crippen LogP contribution in [0.3, 0.4) is 0 Å². The van der Waals surface area contributed by atoms with Crippen LogP contribution in [0.15, 0.2) is 249 Å². The van der Waals surface area contributed by atoms with Crippen molar-refractivity contribution in [2.75, 3.05) is 4.90 Å². The maximum Gasteiger partial charge on any atom is 0.0540 e. The molecule has 0 saturated heterocycles. The standard InChI is InChI=1S/C67H49N/c1-2-17-47(18-3-1)53-21-6-7-22-56(53)58-23-8-9-24-59(58)63-26-11-13-30-66(63)68(52-39-33-49(34-40-52)55-27-16-28-57-54-20-5-4-19-48(54)35-41-60(55)57)51-37-31-46(32-38-51)50-36-42-62-61-25-10-12-29-64(61)67(65(62)45-50)43-14-15-44-67/h1-13,16-42,45H,14-15,43-44H2. The minimum atomic E-state index is 0.131. The average molecular weight is 868 g/mol. The largest absolute Gasteiger partial charge is 0.310 e. The monoisotopic (exact) mass is 867 g/mol. The summed E-state index contributed by atoms with van der Waals surface area (Å²) < 4.78 is 0. The van der Waals surface area contributed by atoms with Crippen LogP contribution in [0.1, 0.15) is 36.8 Å². The third-order valence-corrected chi connectivity index (χ3v) is 15.1. The van der Waals surface area contributed by atoms with E-state index in [2.05, 4.69) is 254 Å². The third kappa shape index (κ3) is 6.61. The molecule has 0 unspecified atom stereocenters. The molecule has 13 rings (SSSR count). The van der Waals surface area contributed by atoms with Crippen molar-refractivity contribution in [1.29, 1.82) is 0 Å². The first-order valence-electron chi connectivity index (χ1n) is 24.2. The number of hydrogen-bond acceptors (Lipinski definition) is 1. The van der Waals surface area contributed by atoms with Gasteiger partial charge in [0, 0.05) is 22.4 Å². The molecule has 0 aromatic heterocycles. The number of anilines is 3. The van der Waals surface area contributed by atoms with E-state index in [1.807, 2.05) is 0 Å². The molecule has 0 radical (unpaired) electrons. The van der Waals surface area contributed by atoms with Crippen molar-refractivity contribution < 1.29 is 0 Å². The maximum atomic E-state index is 2.52. The summed E-state index contributed by atoms with van der Waals surface area (Å²) >= 11 is 0. The Hall–Kier alpha value is -8.26. The Balaban J connectivity index is 0.942. The molecule has 68 heavy (non-hydrogen) atoms. The van der Waals surface area contributed by atoms with Gasteiger partial charge in [0.2, 0.25) is 0 Å². The van der Waals surface area contributed by atoms with Crippen LogP contribution in [0.2, 0.25) is 0 Å². The first kappa shape index (κ1) is 40.1. The van der Waals surface area contributed by atoms with E-state index < -0.39 is 0 Å². The van der Waals surface area contributed by atoms with Crippen molar-refractivity contribution in [3.8, 4) is 66.8 Å². The van der Waals surface area contributed by atoms with E-state index in [1.54, 1.807) is 0 Å². The summed E-state index contributed by atoms with van der Waals surface area (Å²) in [5.74, 6) is 0. The highest BCUT2D eigenvalue weighted by atomic mass is 15.1. The van der Waals surface area contributed by atoms with Gasteiger partial charge in [0.15, 0.2) is 0 Å². The quantitative estimate of drug-likeness (QED) is 0.138. The van der Waals surface area contributed by atoms with E-state index >= 15 is 0 Å². The summed E-state index contributed by atoms with van der Waals surface area (Å²) in [6.45, 7) is 0. The number of rotatable bonds is 8. The summed E-state index contributed by atoms with van der Waals surface area (Å²) in [6, 6.07) is 92.2. The molecule has 0 heterocycles. The van der Waals surface area contributed by atoms with E-state index in [1.165, 1.54) is 125 Å². The van der Waals surface area contributed by atoms with E-state index in [4.69, 9.17) is 0 Å². The molecule has 1 nitrogen and oxygen atoms in total. The fraction of sp³-hybridized carbons (Fsp3) is 0.0746. The lowest BCUT2D eigenvalue weighted by atomic mass is 9.76. The van der Waals surface area contributed by atoms with Gasteiger partial charge in [-0.15, -0.1) is 0 Å². The van der Waals surface area contributed by atoms with E-state index in [0.717, 1.165) is 17.1 Å². The summed E-state index contributed by atoms with van der Waals surface area (Å²) in [4.78, 5) is 2.45. The summed E-state index contributed by atoms with van der Waals surface area (Å²) in [5, 5.41) is 5.08. The molecule has 2 aliphatic rings. The normalized spacial score (nSPS) is 13.5. The molecule has 2 aliphatic carbocycles. The fourth-order valence-electron chi connectivity index (χ4n) is 11.9. The second-order valence-electron chi connectivity index (χ2n) is 18.7. The number of hydrogen-bond donors (Lipinski definition) is 0. The van der Waals surface area contributed by atoms with Gasteiger partial charge in [-0.2, -0.15) is 0 Å². The van der Waals surface area contributed by atoms with E-state index in [9.17, 15) is 0 Å². The van der Waals surface area contributed by atoms with Crippen molar-refractivity contribution in [3.05, 3.63) is 260 Å². The molecular formula is C67H49N. The van der Waals surface area contributed by atoms with Crippen LogP contribution in [0, 0.1) is 0 Å². The topological polar surface area (TPSA) is 3.24 Å². The first-order chi connectivity index (χ1) is 33.7. The predicted molar refractivity (Wildman–Crippen MR) is 288 cm³/mol. The van der Waals surface area contributed by atoms with Crippen LogP contribution in [-0.4, -0.2) is 0 Å². The van der Waals surface area contributed by atoms with Gasteiger partial charge >= 0.3 is 0 Å². The highest BCUT2D eigenvalue weighted by Gasteiger charge is 2.44. The van der Waals surface area contributed by atoms with Gasteiger partial charge in [-0.25, -0.2) is 0 Å². The molecule has 0 bridgehead atoms. The van der Waals surface area contributed by atoms with Crippen LogP contribution in [0.5, 0.6) is 0 Å². The molecule has 11 aromatic rings. The van der Waals surface area contributed by atoms with Gasteiger partial charge < -0.3 is 4.90 Å². The summed E-state index contributed by atoms with van der Waals surface area (Å²) in [7, 11) is 0. The van der Waals surface area contributed by atoms with Crippen LogP contribution in [0.4, 0.5) is 17.1 Å². The Morgan fingerprint density at radius 3 is 1.54 bits per heavy atom. The fourth-order valence-corrected chi connectivity index (χ4v) is 11.9. The highest BCUT2D eigenvalue weighted by molar-refractivity contribution is 6.12. The molecule has 1 spiro atoms. The molecule has 11 aromatic carbocycles. The number of fused-ring (bicyclic) bond motifs is 8. The minimum Gasteiger partial charge on any atom is -0.310 e. The predicted octanol–water partition coefficient (Wildman–Crippen LogP) is 18.6. The second kappa shape index (κ2) is 16.6. The van der Waals surface area contributed by atoms with Gasteiger partial charge in [-0.1, -0.05) is 225 Å². The number of benzene rings is 11. The number of nitrogens with zero attached hydrogens (tertiary/aromatic N) is 1.